The minimum Gasteiger partial charge on any atom is -0.369 e. The van der Waals surface area contributed by atoms with E-state index >= 15 is 0 Å². The van der Waals surface area contributed by atoms with E-state index in [0.717, 1.165) is 31.2 Å². The average molecular weight is 348 g/mol. The molecule has 130 valence electrons. The zero-order valence-corrected chi connectivity index (χ0v) is 15.0. The third kappa shape index (κ3) is 4.56. The van der Waals surface area contributed by atoms with Crippen LogP contribution in [0.2, 0.25) is 0 Å². The Morgan fingerprint density at radius 1 is 1.38 bits per heavy atom. The van der Waals surface area contributed by atoms with Crippen LogP contribution < -0.4 is 11.1 Å². The molecule has 2 amide bonds. The van der Waals surface area contributed by atoms with Gasteiger partial charge in [-0.05, 0) is 45.1 Å². The Morgan fingerprint density at radius 2 is 2.08 bits per heavy atom. The van der Waals surface area contributed by atoms with E-state index in [1.807, 2.05) is 18.7 Å². The molecule has 24 heavy (non-hydrogen) atoms. The maximum absolute atomic E-state index is 12.2. The summed E-state index contributed by atoms with van der Waals surface area (Å²) in [5, 5.41) is 13.0. The highest BCUT2D eigenvalue weighted by atomic mass is 32.1. The maximum atomic E-state index is 12.2. The van der Waals surface area contributed by atoms with E-state index in [1.54, 1.807) is 0 Å². The van der Waals surface area contributed by atoms with Gasteiger partial charge in [0.15, 0.2) is 0 Å². The van der Waals surface area contributed by atoms with Crippen LogP contribution in [0.15, 0.2) is 0 Å². The second kappa shape index (κ2) is 8.27. The predicted octanol–water partition coefficient (Wildman–Crippen LogP) is 2.02. The fraction of sp³-hybridized carbons (Fsp3) is 0.588. The first-order chi connectivity index (χ1) is 11.4. The smallest absolute Gasteiger partial charge is 0.231 e. The van der Waals surface area contributed by atoms with E-state index < -0.39 is 5.91 Å². The summed E-state index contributed by atoms with van der Waals surface area (Å²) in [5.41, 5.74) is 6.98. The molecule has 1 heterocycles. The molecule has 7 heteroatoms. The van der Waals surface area contributed by atoms with Gasteiger partial charge in [0.1, 0.15) is 11.1 Å². The van der Waals surface area contributed by atoms with Crippen molar-refractivity contribution >= 4 is 28.2 Å². The number of carbonyl (C=O) groups is 2. The Hall–Kier alpha value is -1.91. The van der Waals surface area contributed by atoms with Crippen molar-refractivity contribution < 1.29 is 9.59 Å². The molecule has 0 unspecified atom stereocenters. The number of hydrogen-bond acceptors (Lipinski definition) is 5. The number of anilines is 1. The lowest BCUT2D eigenvalue weighted by atomic mass is 9.96. The van der Waals surface area contributed by atoms with Gasteiger partial charge >= 0.3 is 0 Å². The van der Waals surface area contributed by atoms with Crippen LogP contribution >= 0.6 is 11.3 Å². The SMILES string of the molecule is CC(C)N(CCC(=O)Nc1sc2c(c1C#N)CCCC2)CC(N)=O. The summed E-state index contributed by atoms with van der Waals surface area (Å²) in [6.07, 6.45) is 4.41. The summed E-state index contributed by atoms with van der Waals surface area (Å²) in [5.74, 6) is -0.540. The van der Waals surface area contributed by atoms with Gasteiger partial charge in [0.25, 0.3) is 0 Å². The quantitative estimate of drug-likeness (QED) is 0.787. The van der Waals surface area contributed by atoms with Gasteiger partial charge in [-0.2, -0.15) is 5.26 Å². The van der Waals surface area contributed by atoms with Crippen LogP contribution in [0.25, 0.3) is 0 Å². The number of nitrogens with two attached hydrogens (primary N) is 1. The van der Waals surface area contributed by atoms with Crippen LogP contribution in [0, 0.1) is 11.3 Å². The minimum absolute atomic E-state index is 0.133. The Labute approximate surface area is 146 Å². The highest BCUT2D eigenvalue weighted by Gasteiger charge is 2.22. The molecule has 0 saturated carbocycles. The Morgan fingerprint density at radius 3 is 2.71 bits per heavy atom. The van der Waals surface area contributed by atoms with Gasteiger partial charge in [-0.15, -0.1) is 11.3 Å². The molecule has 0 aromatic carbocycles. The zero-order valence-electron chi connectivity index (χ0n) is 14.2. The highest BCUT2D eigenvalue weighted by molar-refractivity contribution is 7.16. The molecule has 2 rings (SSSR count). The van der Waals surface area contributed by atoms with E-state index in [1.165, 1.54) is 16.2 Å². The summed E-state index contributed by atoms with van der Waals surface area (Å²) in [6.45, 7) is 4.52. The molecule has 0 aliphatic heterocycles. The molecule has 1 aliphatic carbocycles. The standard InChI is InChI=1S/C17H24N4O2S/c1-11(2)21(10-15(19)22)8-7-16(23)20-17-13(9-18)12-5-3-4-6-14(12)24-17/h11H,3-8,10H2,1-2H3,(H2,19,22)(H,20,23). The lowest BCUT2D eigenvalue weighted by Gasteiger charge is -2.24. The predicted molar refractivity (Wildman–Crippen MR) is 94.8 cm³/mol. The fourth-order valence-electron chi connectivity index (χ4n) is 2.93. The van der Waals surface area contributed by atoms with E-state index in [9.17, 15) is 14.9 Å². The first kappa shape index (κ1) is 18.4. The normalized spacial score (nSPS) is 13.6. The summed E-state index contributed by atoms with van der Waals surface area (Å²) < 4.78 is 0. The van der Waals surface area contributed by atoms with Crippen molar-refractivity contribution in [1.29, 1.82) is 5.26 Å². The largest absolute Gasteiger partial charge is 0.369 e. The Kier molecular flexibility index (Phi) is 6.35. The first-order valence-electron chi connectivity index (χ1n) is 8.29. The van der Waals surface area contributed by atoms with Crippen molar-refractivity contribution in [3.05, 3.63) is 16.0 Å². The fourth-order valence-corrected chi connectivity index (χ4v) is 4.18. The van der Waals surface area contributed by atoms with Crippen LogP contribution in [0.1, 0.15) is 49.1 Å². The number of hydrogen-bond donors (Lipinski definition) is 2. The number of aryl methyl sites for hydroxylation is 1. The molecule has 0 saturated heterocycles. The monoisotopic (exact) mass is 348 g/mol. The second-order valence-electron chi connectivity index (χ2n) is 6.36. The third-order valence-corrected chi connectivity index (χ3v) is 5.46. The van der Waals surface area contributed by atoms with Crippen molar-refractivity contribution in [1.82, 2.24) is 4.90 Å². The van der Waals surface area contributed by atoms with Crippen molar-refractivity contribution in [3.8, 4) is 6.07 Å². The van der Waals surface area contributed by atoms with Crippen molar-refractivity contribution in [2.45, 2.75) is 52.0 Å². The third-order valence-electron chi connectivity index (χ3n) is 4.25. The number of nitrogens with one attached hydrogen (secondary N) is 1. The molecule has 0 bridgehead atoms. The zero-order chi connectivity index (χ0) is 17.7. The molecule has 3 N–H and O–H groups in total. The first-order valence-corrected chi connectivity index (χ1v) is 9.10. The van der Waals surface area contributed by atoms with Gasteiger partial charge in [-0.1, -0.05) is 0 Å². The minimum atomic E-state index is -0.401. The van der Waals surface area contributed by atoms with E-state index in [0.29, 0.717) is 17.1 Å². The van der Waals surface area contributed by atoms with Crippen LogP contribution in [-0.4, -0.2) is 35.8 Å². The van der Waals surface area contributed by atoms with Crippen LogP contribution in [0.4, 0.5) is 5.00 Å². The van der Waals surface area contributed by atoms with Gasteiger partial charge in [0, 0.05) is 23.9 Å². The molecule has 0 spiro atoms. The number of amides is 2. The number of rotatable bonds is 7. The Bertz CT molecular complexity index is 660. The molecule has 0 atom stereocenters. The number of fused-ring (bicyclic) bond motifs is 1. The lowest BCUT2D eigenvalue weighted by Crippen LogP contribution is -2.40. The molecule has 1 aromatic heterocycles. The van der Waals surface area contributed by atoms with Crippen LogP contribution in [0.5, 0.6) is 0 Å². The van der Waals surface area contributed by atoms with E-state index in [-0.39, 0.29) is 24.9 Å². The number of primary amides is 1. The molecule has 0 radical (unpaired) electrons. The molecule has 0 fully saturated rings. The van der Waals surface area contributed by atoms with Crippen molar-refractivity contribution in [2.24, 2.45) is 5.73 Å². The van der Waals surface area contributed by atoms with E-state index in [2.05, 4.69) is 11.4 Å². The topological polar surface area (TPSA) is 99.2 Å². The summed E-state index contributed by atoms with van der Waals surface area (Å²) in [6, 6.07) is 2.38. The summed E-state index contributed by atoms with van der Waals surface area (Å²) in [7, 11) is 0. The number of thiophene rings is 1. The van der Waals surface area contributed by atoms with Crippen LogP contribution in [0.3, 0.4) is 0 Å². The van der Waals surface area contributed by atoms with Gasteiger partial charge in [-0.25, -0.2) is 0 Å². The Balaban J connectivity index is 1.99. The summed E-state index contributed by atoms with van der Waals surface area (Å²) >= 11 is 1.52. The van der Waals surface area contributed by atoms with Crippen molar-refractivity contribution in [3.63, 3.8) is 0 Å². The average Bonchev–Trinajstić information content (AvgIpc) is 2.87. The van der Waals surface area contributed by atoms with E-state index in [4.69, 9.17) is 5.73 Å². The highest BCUT2D eigenvalue weighted by Crippen LogP contribution is 2.37. The summed E-state index contributed by atoms with van der Waals surface area (Å²) in [4.78, 5) is 26.4. The van der Waals surface area contributed by atoms with Crippen LogP contribution in [-0.2, 0) is 22.4 Å². The number of carbonyl (C=O) groups excluding carboxylic acids is 2. The number of nitrogens with zero attached hydrogens (tertiary/aromatic N) is 2. The number of nitriles is 1. The maximum Gasteiger partial charge on any atom is 0.231 e. The second-order valence-corrected chi connectivity index (χ2v) is 7.46. The molecular formula is C17H24N4O2S. The molecule has 6 nitrogen and oxygen atoms in total. The van der Waals surface area contributed by atoms with Gasteiger partial charge < -0.3 is 11.1 Å². The molecule has 1 aromatic rings. The lowest BCUT2D eigenvalue weighted by molar-refractivity contribution is -0.121. The van der Waals surface area contributed by atoms with Gasteiger partial charge in [-0.3, -0.25) is 14.5 Å². The van der Waals surface area contributed by atoms with Gasteiger partial charge in [0.2, 0.25) is 11.8 Å². The molecular weight excluding hydrogens is 324 g/mol. The van der Waals surface area contributed by atoms with Gasteiger partial charge in [0.05, 0.1) is 12.1 Å². The van der Waals surface area contributed by atoms with Crippen molar-refractivity contribution in [2.75, 3.05) is 18.4 Å². The molecule has 1 aliphatic rings.